The first-order valence-corrected chi connectivity index (χ1v) is 21.2. The summed E-state index contributed by atoms with van der Waals surface area (Å²) < 4.78 is 42.4. The van der Waals surface area contributed by atoms with Crippen LogP contribution in [0.4, 0.5) is 0 Å². The van der Waals surface area contributed by atoms with Crippen molar-refractivity contribution in [3.63, 3.8) is 0 Å². The zero-order valence-corrected chi connectivity index (χ0v) is 29.9. The second-order valence-electron chi connectivity index (χ2n) is 14.1. The van der Waals surface area contributed by atoms with E-state index in [1.54, 1.807) is 12.5 Å². The van der Waals surface area contributed by atoms with Gasteiger partial charge in [-0.15, -0.1) is 4.72 Å². The second-order valence-corrected chi connectivity index (χ2v) is 21.7. The molecule has 4 heterocycles. The minimum absolute atomic E-state index is 0.240. The molecule has 0 radical (unpaired) electrons. The Morgan fingerprint density at radius 3 is 2.59 bits per heavy atom. The van der Waals surface area contributed by atoms with Crippen LogP contribution in [0.25, 0.3) is 22.2 Å². The first-order valence-electron chi connectivity index (χ1n) is 16.3. The highest BCUT2D eigenvalue weighted by Crippen LogP contribution is 2.36. The van der Waals surface area contributed by atoms with Crippen LogP contribution >= 0.6 is 0 Å². The van der Waals surface area contributed by atoms with Gasteiger partial charge in [-0.1, -0.05) is 44.6 Å². The number of nitrogens with one attached hydrogen (secondary N) is 1. The van der Waals surface area contributed by atoms with Gasteiger partial charge in [-0.05, 0) is 57.9 Å². The molecular formula is C34H49N5O5SSi. The summed E-state index contributed by atoms with van der Waals surface area (Å²) in [6.07, 6.45) is 11.0. The number of hydrogen-bond acceptors (Lipinski definition) is 9. The minimum atomic E-state index is -1.29. The van der Waals surface area contributed by atoms with Crippen molar-refractivity contribution in [3.8, 4) is 11.3 Å². The molecule has 1 aliphatic heterocycles. The molecule has 0 spiro atoms. The van der Waals surface area contributed by atoms with Crippen LogP contribution in [0.5, 0.6) is 0 Å². The first kappa shape index (κ1) is 34.7. The Labute approximate surface area is 277 Å². The zero-order valence-electron chi connectivity index (χ0n) is 28.1. The number of oxazole rings is 1. The maximum atomic E-state index is 13.5. The smallest absolute Gasteiger partial charge is 0.255 e. The number of fused-ring (bicyclic) bond motifs is 1. The first-order chi connectivity index (χ1) is 22.0. The Morgan fingerprint density at radius 2 is 1.87 bits per heavy atom. The molecule has 5 rings (SSSR count). The normalized spacial score (nSPS) is 16.7. The van der Waals surface area contributed by atoms with Gasteiger partial charge < -0.3 is 27.7 Å². The summed E-state index contributed by atoms with van der Waals surface area (Å²) in [6.45, 7) is 15.1. The van der Waals surface area contributed by atoms with Gasteiger partial charge in [0, 0.05) is 49.6 Å². The van der Waals surface area contributed by atoms with Crippen LogP contribution in [0.3, 0.4) is 0 Å². The average molecular weight is 668 g/mol. The van der Waals surface area contributed by atoms with Crippen LogP contribution in [0, 0.1) is 0 Å². The summed E-state index contributed by atoms with van der Waals surface area (Å²) in [5.74, 6) is 0.381. The van der Waals surface area contributed by atoms with Crippen molar-refractivity contribution in [1.29, 1.82) is 0 Å². The molecule has 0 saturated carbocycles. The van der Waals surface area contributed by atoms with Gasteiger partial charge in [0.05, 0.1) is 36.8 Å². The van der Waals surface area contributed by atoms with E-state index >= 15 is 0 Å². The highest BCUT2D eigenvalue weighted by Gasteiger charge is 2.42. The molecule has 3 aromatic heterocycles. The molecule has 0 aliphatic carbocycles. The lowest BCUT2D eigenvalue weighted by molar-refractivity contribution is -0.187. The van der Waals surface area contributed by atoms with Crippen molar-refractivity contribution in [2.45, 2.75) is 102 Å². The van der Waals surface area contributed by atoms with Gasteiger partial charge in [-0.25, -0.2) is 9.97 Å². The molecule has 0 bridgehead atoms. The Hall–Kier alpha value is -2.58. The average Bonchev–Trinajstić information content (AvgIpc) is 3.79. The Kier molecular flexibility index (Phi) is 11.4. The van der Waals surface area contributed by atoms with E-state index in [0.717, 1.165) is 59.7 Å². The third kappa shape index (κ3) is 8.85. The van der Waals surface area contributed by atoms with Crippen molar-refractivity contribution >= 4 is 30.3 Å². The van der Waals surface area contributed by atoms with Crippen LogP contribution in [0.1, 0.15) is 70.6 Å². The van der Waals surface area contributed by atoms with E-state index in [4.69, 9.17) is 23.6 Å². The van der Waals surface area contributed by atoms with Crippen molar-refractivity contribution in [2.24, 2.45) is 0 Å². The van der Waals surface area contributed by atoms with Crippen molar-refractivity contribution in [3.05, 3.63) is 66.9 Å². The van der Waals surface area contributed by atoms with Gasteiger partial charge in [0.15, 0.2) is 0 Å². The van der Waals surface area contributed by atoms with E-state index < -0.39 is 30.0 Å². The van der Waals surface area contributed by atoms with Crippen molar-refractivity contribution < 1.29 is 23.2 Å². The topological polar surface area (TPSA) is 120 Å². The standard InChI is InChI=1S/C34H49N5O5SSi/c1-33(2,3)45(40)38-29(12-8-7-9-15-34(43-19-20-44-34)32-36-17-18-42-32)31-37-24-30(39(31)25-41-21-22-46(4,5)6)27-13-14-28-26(23-27)11-10-16-35-28/h10-11,13-14,16-18,23-24,29,38H,7-9,12,15,19-22,25H2,1-6H3. The van der Waals surface area contributed by atoms with Crippen LogP contribution in [-0.2, 0) is 38.1 Å². The van der Waals surface area contributed by atoms with Gasteiger partial charge in [0.2, 0.25) is 5.79 Å². The number of pyridine rings is 1. The third-order valence-electron chi connectivity index (χ3n) is 8.13. The lowest BCUT2D eigenvalue weighted by Gasteiger charge is -2.28. The largest absolute Gasteiger partial charge is 0.598 e. The Balaban J connectivity index is 1.36. The van der Waals surface area contributed by atoms with Crippen LogP contribution in [0.15, 0.2) is 59.6 Å². The molecule has 46 heavy (non-hydrogen) atoms. The SMILES string of the molecule is CC(C)(C)[S+]([O-])NC(CCCCCC1(c2ncco2)OCCO1)c1ncc(-c2ccc3ncccc3c2)n1COCC[Si](C)(C)C. The number of nitrogens with zero attached hydrogens (tertiary/aromatic N) is 4. The second kappa shape index (κ2) is 15.1. The molecule has 2 unspecified atom stereocenters. The van der Waals surface area contributed by atoms with E-state index in [1.165, 1.54) is 0 Å². The van der Waals surface area contributed by atoms with Crippen LogP contribution < -0.4 is 4.72 Å². The quantitative estimate of drug-likeness (QED) is 0.0743. The monoisotopic (exact) mass is 667 g/mol. The fourth-order valence-corrected chi connectivity index (χ4v) is 7.07. The Bertz CT molecular complexity index is 1530. The van der Waals surface area contributed by atoms with Crippen molar-refractivity contribution in [2.75, 3.05) is 19.8 Å². The van der Waals surface area contributed by atoms with E-state index in [0.29, 0.717) is 38.9 Å². The van der Waals surface area contributed by atoms with Gasteiger partial charge >= 0.3 is 0 Å². The Morgan fingerprint density at radius 1 is 1.07 bits per heavy atom. The minimum Gasteiger partial charge on any atom is -0.598 e. The van der Waals surface area contributed by atoms with Gasteiger partial charge in [-0.3, -0.25) is 4.98 Å². The lowest BCUT2D eigenvalue weighted by Crippen LogP contribution is -2.42. The number of imidazole rings is 1. The predicted octanol–water partition coefficient (Wildman–Crippen LogP) is 7.34. The lowest BCUT2D eigenvalue weighted by atomic mass is 10.0. The molecule has 4 aromatic rings. The number of ether oxygens (including phenoxy) is 3. The van der Waals surface area contributed by atoms with E-state index in [1.807, 2.05) is 45.3 Å². The molecule has 0 amide bonds. The zero-order chi connectivity index (χ0) is 32.8. The number of benzene rings is 1. The number of unbranched alkanes of at least 4 members (excludes halogenated alkanes) is 2. The summed E-state index contributed by atoms with van der Waals surface area (Å²) in [7, 11) is -1.26. The molecule has 250 valence electrons. The van der Waals surface area contributed by atoms with Crippen LogP contribution in [-0.4, -0.2) is 56.7 Å². The molecule has 1 aromatic carbocycles. The summed E-state index contributed by atoms with van der Waals surface area (Å²) >= 11 is -1.29. The van der Waals surface area contributed by atoms with E-state index in [-0.39, 0.29) is 6.04 Å². The van der Waals surface area contributed by atoms with Gasteiger partial charge in [0.25, 0.3) is 5.89 Å². The fourth-order valence-electron chi connectivity index (χ4n) is 5.47. The van der Waals surface area contributed by atoms with Crippen molar-refractivity contribution in [1.82, 2.24) is 24.2 Å². The predicted molar refractivity (Wildman–Crippen MR) is 184 cm³/mol. The highest BCUT2D eigenvalue weighted by molar-refractivity contribution is 7.90. The molecule has 2 atom stereocenters. The fraction of sp³-hybridized carbons (Fsp3) is 0.559. The molecular weight excluding hydrogens is 619 g/mol. The van der Waals surface area contributed by atoms with E-state index in [2.05, 4.69) is 57.1 Å². The van der Waals surface area contributed by atoms with E-state index in [9.17, 15) is 4.55 Å². The number of rotatable bonds is 16. The summed E-state index contributed by atoms with van der Waals surface area (Å²) in [5, 5.41) is 1.07. The highest BCUT2D eigenvalue weighted by atomic mass is 32.2. The summed E-state index contributed by atoms with van der Waals surface area (Å²) in [6, 6.07) is 11.1. The molecule has 1 N–H and O–H groups in total. The maximum absolute atomic E-state index is 13.5. The van der Waals surface area contributed by atoms with Gasteiger partial charge in [-0.2, -0.15) is 0 Å². The van der Waals surface area contributed by atoms with Gasteiger partial charge in [0.1, 0.15) is 29.6 Å². The number of aromatic nitrogens is 4. The summed E-state index contributed by atoms with van der Waals surface area (Å²) in [5.41, 5.74) is 2.95. The third-order valence-corrected chi connectivity index (χ3v) is 11.4. The molecule has 1 saturated heterocycles. The summed E-state index contributed by atoms with van der Waals surface area (Å²) in [4.78, 5) is 13.8. The molecule has 1 aliphatic rings. The molecule has 1 fully saturated rings. The maximum Gasteiger partial charge on any atom is 0.255 e. The molecule has 12 heteroatoms. The molecule has 10 nitrogen and oxygen atoms in total. The number of hydrogen-bond donors (Lipinski definition) is 1. The van der Waals surface area contributed by atoms with Crippen LogP contribution in [0.2, 0.25) is 25.7 Å².